The van der Waals surface area contributed by atoms with Crippen LogP contribution in [0, 0.1) is 6.92 Å². The van der Waals surface area contributed by atoms with Crippen LogP contribution >= 0.6 is 0 Å². The van der Waals surface area contributed by atoms with Crippen molar-refractivity contribution < 1.29 is 4.74 Å². The highest BCUT2D eigenvalue weighted by Gasteiger charge is 1.99. The molecule has 0 bridgehead atoms. The third kappa shape index (κ3) is 2.72. The second-order valence-corrected chi connectivity index (χ2v) is 4.85. The molecule has 20 heavy (non-hydrogen) atoms. The first kappa shape index (κ1) is 12.5. The van der Waals surface area contributed by atoms with E-state index >= 15 is 0 Å². The summed E-state index contributed by atoms with van der Waals surface area (Å²) in [4.78, 5) is 14.0. The minimum Gasteiger partial charge on any atom is -0.489 e. The van der Waals surface area contributed by atoms with Gasteiger partial charge in [0, 0.05) is 17.0 Å². The van der Waals surface area contributed by atoms with E-state index in [4.69, 9.17) is 4.74 Å². The van der Waals surface area contributed by atoms with Crippen molar-refractivity contribution in [3.63, 3.8) is 0 Å². The van der Waals surface area contributed by atoms with Crippen molar-refractivity contribution in [3.05, 3.63) is 76.1 Å². The number of hydrogen-bond donors (Lipinski definition) is 1. The monoisotopic (exact) mass is 265 g/mol. The third-order valence-corrected chi connectivity index (χ3v) is 3.22. The van der Waals surface area contributed by atoms with E-state index in [0.717, 1.165) is 22.2 Å². The maximum atomic E-state index is 11.2. The first-order valence-corrected chi connectivity index (χ1v) is 6.52. The number of aryl methyl sites for hydroxylation is 1. The van der Waals surface area contributed by atoms with Gasteiger partial charge in [-0.25, -0.2) is 0 Å². The van der Waals surface area contributed by atoms with Crippen molar-refractivity contribution in [1.29, 1.82) is 0 Å². The van der Waals surface area contributed by atoms with Crippen molar-refractivity contribution in [1.82, 2.24) is 4.98 Å². The predicted octanol–water partition coefficient (Wildman–Crippen LogP) is 3.42. The Kier molecular flexibility index (Phi) is 3.25. The molecule has 3 heteroatoms. The standard InChI is InChI=1S/C17H15NO2/c1-12-2-4-13(5-3-12)11-20-15-7-8-16-14(10-15)6-9-17(19)18-16/h2-10H,11H2,1H3,(H,18,19). The van der Waals surface area contributed by atoms with Crippen molar-refractivity contribution in [2.75, 3.05) is 0 Å². The summed E-state index contributed by atoms with van der Waals surface area (Å²) in [5.41, 5.74) is 3.10. The van der Waals surface area contributed by atoms with Gasteiger partial charge in [0.1, 0.15) is 12.4 Å². The number of benzene rings is 2. The lowest BCUT2D eigenvalue weighted by molar-refractivity contribution is 0.306. The number of H-pyrrole nitrogens is 1. The minimum atomic E-state index is -0.0918. The molecule has 0 atom stereocenters. The highest BCUT2D eigenvalue weighted by atomic mass is 16.5. The van der Waals surface area contributed by atoms with E-state index < -0.39 is 0 Å². The van der Waals surface area contributed by atoms with Gasteiger partial charge in [0.2, 0.25) is 5.56 Å². The molecule has 0 fully saturated rings. The van der Waals surface area contributed by atoms with Crippen LogP contribution in [0.4, 0.5) is 0 Å². The quantitative estimate of drug-likeness (QED) is 0.788. The molecule has 2 aromatic carbocycles. The molecule has 0 aliphatic carbocycles. The largest absolute Gasteiger partial charge is 0.489 e. The summed E-state index contributed by atoms with van der Waals surface area (Å²) in [6.45, 7) is 2.60. The van der Waals surface area contributed by atoms with E-state index in [2.05, 4.69) is 36.2 Å². The average Bonchev–Trinajstić information content (AvgIpc) is 2.46. The van der Waals surface area contributed by atoms with Crippen LogP contribution in [-0.2, 0) is 6.61 Å². The number of aromatic amines is 1. The van der Waals surface area contributed by atoms with Crippen molar-refractivity contribution in [2.45, 2.75) is 13.5 Å². The molecule has 1 heterocycles. The molecule has 1 aromatic heterocycles. The number of pyridine rings is 1. The Morgan fingerprint density at radius 3 is 2.60 bits per heavy atom. The maximum absolute atomic E-state index is 11.2. The molecule has 100 valence electrons. The fourth-order valence-corrected chi connectivity index (χ4v) is 2.07. The maximum Gasteiger partial charge on any atom is 0.248 e. The first-order chi connectivity index (χ1) is 9.70. The zero-order valence-electron chi connectivity index (χ0n) is 11.2. The molecule has 0 spiro atoms. The Balaban J connectivity index is 1.79. The molecule has 0 unspecified atom stereocenters. The summed E-state index contributed by atoms with van der Waals surface area (Å²) in [6, 6.07) is 17.3. The summed E-state index contributed by atoms with van der Waals surface area (Å²) in [7, 11) is 0. The minimum absolute atomic E-state index is 0.0918. The van der Waals surface area contributed by atoms with Crippen LogP contribution in [0.3, 0.4) is 0 Å². The van der Waals surface area contributed by atoms with Crippen LogP contribution in [0.5, 0.6) is 5.75 Å². The van der Waals surface area contributed by atoms with Gasteiger partial charge in [-0.15, -0.1) is 0 Å². The molecule has 3 rings (SSSR count). The molecule has 3 aromatic rings. The second-order valence-electron chi connectivity index (χ2n) is 4.85. The summed E-state index contributed by atoms with van der Waals surface area (Å²) in [6.07, 6.45) is 0. The van der Waals surface area contributed by atoms with Crippen molar-refractivity contribution >= 4 is 10.9 Å². The molecule has 0 aliphatic heterocycles. The molecule has 0 amide bonds. The van der Waals surface area contributed by atoms with Gasteiger partial charge in [0.15, 0.2) is 0 Å². The predicted molar refractivity (Wildman–Crippen MR) is 80.1 cm³/mol. The Morgan fingerprint density at radius 1 is 1.00 bits per heavy atom. The Bertz CT molecular complexity index is 788. The molecule has 0 aliphatic rings. The van der Waals surface area contributed by atoms with Gasteiger partial charge >= 0.3 is 0 Å². The van der Waals surface area contributed by atoms with Crippen LogP contribution < -0.4 is 10.3 Å². The smallest absolute Gasteiger partial charge is 0.248 e. The molecular weight excluding hydrogens is 250 g/mol. The van der Waals surface area contributed by atoms with E-state index in [1.165, 1.54) is 11.6 Å². The highest BCUT2D eigenvalue weighted by molar-refractivity contribution is 5.79. The number of aromatic nitrogens is 1. The normalized spacial score (nSPS) is 10.7. The second kappa shape index (κ2) is 5.21. The summed E-state index contributed by atoms with van der Waals surface area (Å²) in [5.74, 6) is 0.796. The Hall–Kier alpha value is -2.55. The molecule has 0 saturated heterocycles. The number of fused-ring (bicyclic) bond motifs is 1. The van der Waals surface area contributed by atoms with Crippen LogP contribution in [-0.4, -0.2) is 4.98 Å². The van der Waals surface area contributed by atoms with E-state index in [1.54, 1.807) is 6.07 Å². The molecule has 0 radical (unpaired) electrons. The fourth-order valence-electron chi connectivity index (χ4n) is 2.07. The topological polar surface area (TPSA) is 42.1 Å². The Labute approximate surface area is 116 Å². The summed E-state index contributed by atoms with van der Waals surface area (Å²) >= 11 is 0. The van der Waals surface area contributed by atoms with Gasteiger partial charge in [0.05, 0.1) is 0 Å². The van der Waals surface area contributed by atoms with E-state index in [9.17, 15) is 4.79 Å². The summed E-state index contributed by atoms with van der Waals surface area (Å²) < 4.78 is 5.78. The number of nitrogens with one attached hydrogen (secondary N) is 1. The fraction of sp³-hybridized carbons (Fsp3) is 0.118. The molecular formula is C17H15NO2. The van der Waals surface area contributed by atoms with Gasteiger partial charge in [0.25, 0.3) is 0 Å². The Morgan fingerprint density at radius 2 is 1.80 bits per heavy atom. The van der Waals surface area contributed by atoms with Crippen molar-refractivity contribution in [2.24, 2.45) is 0 Å². The van der Waals surface area contributed by atoms with Crippen LogP contribution in [0.15, 0.2) is 59.4 Å². The first-order valence-electron chi connectivity index (χ1n) is 6.52. The summed E-state index contributed by atoms with van der Waals surface area (Å²) in [5, 5.41) is 0.964. The highest BCUT2D eigenvalue weighted by Crippen LogP contribution is 2.19. The number of rotatable bonds is 3. The molecule has 1 N–H and O–H groups in total. The zero-order chi connectivity index (χ0) is 13.9. The SMILES string of the molecule is Cc1ccc(COc2ccc3[nH]c(=O)ccc3c2)cc1. The molecule has 3 nitrogen and oxygen atoms in total. The lowest BCUT2D eigenvalue weighted by Gasteiger charge is -2.07. The van der Waals surface area contributed by atoms with Gasteiger partial charge in [-0.2, -0.15) is 0 Å². The van der Waals surface area contributed by atoms with Gasteiger partial charge in [-0.1, -0.05) is 29.8 Å². The van der Waals surface area contributed by atoms with E-state index in [1.807, 2.05) is 18.2 Å². The zero-order valence-corrected chi connectivity index (χ0v) is 11.2. The van der Waals surface area contributed by atoms with Gasteiger partial charge < -0.3 is 9.72 Å². The van der Waals surface area contributed by atoms with Crippen LogP contribution in [0.1, 0.15) is 11.1 Å². The lowest BCUT2D eigenvalue weighted by Crippen LogP contribution is -2.02. The van der Waals surface area contributed by atoms with E-state index in [-0.39, 0.29) is 5.56 Å². The number of ether oxygens (including phenoxy) is 1. The lowest BCUT2D eigenvalue weighted by atomic mass is 10.2. The van der Waals surface area contributed by atoms with Gasteiger partial charge in [-0.05, 0) is 36.8 Å². The van der Waals surface area contributed by atoms with E-state index in [0.29, 0.717) is 6.61 Å². The third-order valence-electron chi connectivity index (χ3n) is 3.22. The van der Waals surface area contributed by atoms with Crippen LogP contribution in [0.25, 0.3) is 10.9 Å². The van der Waals surface area contributed by atoms with Gasteiger partial charge in [-0.3, -0.25) is 4.79 Å². The van der Waals surface area contributed by atoms with Crippen molar-refractivity contribution in [3.8, 4) is 5.75 Å². The average molecular weight is 265 g/mol. The van der Waals surface area contributed by atoms with Crippen LogP contribution in [0.2, 0.25) is 0 Å². The molecule has 0 saturated carbocycles. The number of hydrogen-bond acceptors (Lipinski definition) is 2.